The molecule has 2 heterocycles. The maximum atomic E-state index is 11.0. The summed E-state index contributed by atoms with van der Waals surface area (Å²) in [6, 6.07) is 0. The monoisotopic (exact) mass is 196 g/mol. The third-order valence-corrected chi connectivity index (χ3v) is 2.26. The normalized spacial score (nSPS) is 14.9. The number of aromatic nitrogens is 3. The van der Waals surface area contributed by atoms with E-state index in [-0.39, 0.29) is 12.5 Å². The van der Waals surface area contributed by atoms with Gasteiger partial charge in [-0.15, -0.1) is 5.10 Å². The number of ether oxygens (including phenoxy) is 1. The second-order valence-corrected chi connectivity index (χ2v) is 3.14. The maximum Gasteiger partial charge on any atom is 0.327 e. The van der Waals surface area contributed by atoms with E-state index in [4.69, 9.17) is 0 Å². The van der Waals surface area contributed by atoms with E-state index < -0.39 is 0 Å². The van der Waals surface area contributed by atoms with Gasteiger partial charge in [0.15, 0.2) is 0 Å². The fourth-order valence-corrected chi connectivity index (χ4v) is 1.51. The van der Waals surface area contributed by atoms with E-state index >= 15 is 0 Å². The molecule has 0 fully saturated rings. The second-order valence-electron chi connectivity index (χ2n) is 3.14. The van der Waals surface area contributed by atoms with E-state index in [0.29, 0.717) is 0 Å². The van der Waals surface area contributed by atoms with Gasteiger partial charge in [0.2, 0.25) is 0 Å². The maximum absolute atomic E-state index is 11.0. The van der Waals surface area contributed by atoms with Crippen LogP contribution in [0.1, 0.15) is 11.4 Å². The van der Waals surface area contributed by atoms with Gasteiger partial charge < -0.3 is 10.1 Å². The first-order chi connectivity index (χ1) is 6.81. The summed E-state index contributed by atoms with van der Waals surface area (Å²) in [6.07, 6.45) is 0.860. The Labute approximate surface area is 81.2 Å². The van der Waals surface area contributed by atoms with Crippen molar-refractivity contribution in [2.75, 3.05) is 13.7 Å². The van der Waals surface area contributed by atoms with Gasteiger partial charge in [-0.25, -0.2) is 4.68 Å². The summed E-state index contributed by atoms with van der Waals surface area (Å²) in [5.74, 6) is -0.295. The van der Waals surface area contributed by atoms with Gasteiger partial charge >= 0.3 is 5.97 Å². The summed E-state index contributed by atoms with van der Waals surface area (Å²) in [5.41, 5.74) is 1.97. The minimum absolute atomic E-state index is 0.152. The number of fused-ring (bicyclic) bond motifs is 1. The van der Waals surface area contributed by atoms with Crippen LogP contribution in [0.5, 0.6) is 0 Å². The van der Waals surface area contributed by atoms with Crippen LogP contribution in [-0.4, -0.2) is 34.6 Å². The Morgan fingerprint density at radius 1 is 1.71 bits per heavy atom. The summed E-state index contributed by atoms with van der Waals surface area (Å²) in [5, 5.41) is 11.1. The minimum Gasteiger partial charge on any atom is -0.468 e. The van der Waals surface area contributed by atoms with Gasteiger partial charge in [-0.05, 0) is 0 Å². The summed E-state index contributed by atoms with van der Waals surface area (Å²) < 4.78 is 6.18. The van der Waals surface area contributed by atoms with Gasteiger partial charge in [-0.3, -0.25) is 4.79 Å². The van der Waals surface area contributed by atoms with Crippen molar-refractivity contribution in [1.29, 1.82) is 0 Å². The first-order valence-corrected chi connectivity index (χ1v) is 4.50. The molecule has 0 radical (unpaired) electrons. The van der Waals surface area contributed by atoms with E-state index in [1.165, 1.54) is 7.11 Å². The standard InChI is InChI=1S/C8H12N4O2/c1-14-8(13)5-12-7-2-3-9-4-6(7)10-11-12/h9H,2-5H2,1H3. The third-order valence-electron chi connectivity index (χ3n) is 2.26. The quantitative estimate of drug-likeness (QED) is 0.620. The Hall–Kier alpha value is -1.43. The van der Waals surface area contributed by atoms with Gasteiger partial charge in [0.05, 0.1) is 18.5 Å². The van der Waals surface area contributed by atoms with Crippen LogP contribution in [0.4, 0.5) is 0 Å². The lowest BCUT2D eigenvalue weighted by Crippen LogP contribution is -2.26. The van der Waals surface area contributed by atoms with Crippen molar-refractivity contribution in [3.8, 4) is 0 Å². The highest BCUT2D eigenvalue weighted by Crippen LogP contribution is 2.09. The molecule has 76 valence electrons. The highest BCUT2D eigenvalue weighted by molar-refractivity contribution is 5.68. The van der Waals surface area contributed by atoms with Crippen LogP contribution in [0.25, 0.3) is 0 Å². The van der Waals surface area contributed by atoms with Crippen LogP contribution in [0.15, 0.2) is 0 Å². The van der Waals surface area contributed by atoms with Crippen molar-refractivity contribution in [2.45, 2.75) is 19.5 Å². The highest BCUT2D eigenvalue weighted by Gasteiger charge is 2.17. The number of methoxy groups -OCH3 is 1. The molecule has 6 nitrogen and oxygen atoms in total. The Balaban J connectivity index is 2.18. The molecule has 0 spiro atoms. The van der Waals surface area contributed by atoms with E-state index in [1.807, 2.05) is 0 Å². The van der Waals surface area contributed by atoms with Crippen molar-refractivity contribution in [3.63, 3.8) is 0 Å². The van der Waals surface area contributed by atoms with Crippen molar-refractivity contribution < 1.29 is 9.53 Å². The molecule has 0 saturated heterocycles. The minimum atomic E-state index is -0.295. The lowest BCUT2D eigenvalue weighted by Gasteiger charge is -2.12. The SMILES string of the molecule is COC(=O)Cn1nnc2c1CCNC2. The van der Waals surface area contributed by atoms with Crippen molar-refractivity contribution >= 4 is 5.97 Å². The molecule has 6 heteroatoms. The molecule has 14 heavy (non-hydrogen) atoms. The van der Waals surface area contributed by atoms with Crippen LogP contribution < -0.4 is 5.32 Å². The van der Waals surface area contributed by atoms with Crippen LogP contribution in [-0.2, 0) is 29.0 Å². The lowest BCUT2D eigenvalue weighted by molar-refractivity contribution is -0.141. The van der Waals surface area contributed by atoms with Crippen molar-refractivity contribution in [1.82, 2.24) is 20.3 Å². The smallest absolute Gasteiger partial charge is 0.327 e. The number of carbonyl (C=O) groups is 1. The highest BCUT2D eigenvalue weighted by atomic mass is 16.5. The van der Waals surface area contributed by atoms with Gasteiger partial charge in [0.1, 0.15) is 6.54 Å². The fourth-order valence-electron chi connectivity index (χ4n) is 1.51. The van der Waals surface area contributed by atoms with Gasteiger partial charge in [0, 0.05) is 19.5 Å². The van der Waals surface area contributed by atoms with Crippen molar-refractivity contribution in [2.24, 2.45) is 0 Å². The summed E-state index contributed by atoms with van der Waals surface area (Å²) in [7, 11) is 1.37. The van der Waals surface area contributed by atoms with E-state index in [9.17, 15) is 4.79 Å². The molecule has 0 aliphatic carbocycles. The summed E-state index contributed by atoms with van der Waals surface area (Å²) in [4.78, 5) is 11.0. The van der Waals surface area contributed by atoms with Crippen LogP contribution >= 0.6 is 0 Å². The molecule has 0 bridgehead atoms. The molecule has 0 saturated carbocycles. The number of nitrogens with zero attached hydrogens (tertiary/aromatic N) is 3. The average molecular weight is 196 g/mol. The molecule has 0 atom stereocenters. The summed E-state index contributed by atoms with van der Waals surface area (Å²) in [6.45, 7) is 1.79. The Kier molecular flexibility index (Phi) is 2.45. The van der Waals surface area contributed by atoms with E-state index in [1.54, 1.807) is 4.68 Å². The molecule has 1 N–H and O–H groups in total. The zero-order chi connectivity index (χ0) is 9.97. The van der Waals surface area contributed by atoms with Gasteiger partial charge in [-0.2, -0.15) is 0 Å². The molecule has 0 unspecified atom stereocenters. The van der Waals surface area contributed by atoms with Gasteiger partial charge in [-0.1, -0.05) is 5.21 Å². The second kappa shape index (κ2) is 3.75. The first kappa shape index (κ1) is 9.14. The number of hydrogen-bond donors (Lipinski definition) is 1. The number of nitrogens with one attached hydrogen (secondary N) is 1. The number of carbonyl (C=O) groups excluding carboxylic acids is 1. The number of esters is 1. The third kappa shape index (κ3) is 1.60. The van der Waals surface area contributed by atoms with Crippen LogP contribution in [0.2, 0.25) is 0 Å². The largest absolute Gasteiger partial charge is 0.468 e. The van der Waals surface area contributed by atoms with Crippen molar-refractivity contribution in [3.05, 3.63) is 11.4 Å². The molecule has 0 aromatic carbocycles. The fraction of sp³-hybridized carbons (Fsp3) is 0.625. The summed E-state index contributed by atoms with van der Waals surface area (Å²) >= 11 is 0. The Bertz CT molecular complexity index is 347. The Morgan fingerprint density at radius 3 is 3.36 bits per heavy atom. The van der Waals surface area contributed by atoms with Crippen LogP contribution in [0, 0.1) is 0 Å². The molecule has 0 amide bonds. The molecular formula is C8H12N4O2. The predicted octanol–water partition coefficient (Wildman–Crippen LogP) is -0.903. The van der Waals surface area contributed by atoms with E-state index in [2.05, 4.69) is 20.4 Å². The number of hydrogen-bond acceptors (Lipinski definition) is 5. The molecule has 1 aliphatic rings. The molecular weight excluding hydrogens is 184 g/mol. The Morgan fingerprint density at radius 2 is 2.57 bits per heavy atom. The molecule has 1 aromatic rings. The van der Waals surface area contributed by atoms with E-state index in [0.717, 1.165) is 30.9 Å². The zero-order valence-electron chi connectivity index (χ0n) is 7.99. The molecule has 1 aromatic heterocycles. The first-order valence-electron chi connectivity index (χ1n) is 4.50. The van der Waals surface area contributed by atoms with Gasteiger partial charge in [0.25, 0.3) is 0 Å². The zero-order valence-corrected chi connectivity index (χ0v) is 7.99. The molecule has 2 rings (SSSR count). The average Bonchev–Trinajstić information content (AvgIpc) is 2.62. The lowest BCUT2D eigenvalue weighted by atomic mass is 10.2. The number of rotatable bonds is 2. The topological polar surface area (TPSA) is 69.0 Å². The molecule has 1 aliphatic heterocycles. The predicted molar refractivity (Wildman–Crippen MR) is 47.4 cm³/mol. The van der Waals surface area contributed by atoms with Crippen LogP contribution in [0.3, 0.4) is 0 Å².